The summed E-state index contributed by atoms with van der Waals surface area (Å²) in [7, 11) is 0. The van der Waals surface area contributed by atoms with Crippen LogP contribution in [0.1, 0.15) is 11.3 Å². The number of halogens is 2. The van der Waals surface area contributed by atoms with Gasteiger partial charge in [0, 0.05) is 27.9 Å². The first-order valence-electron chi connectivity index (χ1n) is 9.64. The van der Waals surface area contributed by atoms with E-state index in [-0.39, 0.29) is 5.56 Å². The molecular weight excluding hydrogens is 465 g/mol. The summed E-state index contributed by atoms with van der Waals surface area (Å²) in [6, 6.07) is 19.0. The van der Waals surface area contributed by atoms with Gasteiger partial charge in [0.1, 0.15) is 0 Å². The van der Waals surface area contributed by atoms with E-state index in [1.807, 2.05) is 49.4 Å². The number of nitrogens with one attached hydrogen (secondary N) is 1. The molecule has 6 nitrogen and oxygen atoms in total. The molecule has 0 aliphatic carbocycles. The van der Waals surface area contributed by atoms with Gasteiger partial charge in [-0.3, -0.25) is 9.89 Å². The number of hydrogen-bond donors (Lipinski definition) is 1. The summed E-state index contributed by atoms with van der Waals surface area (Å²) < 4.78 is 1.54. The fourth-order valence-corrected chi connectivity index (χ4v) is 4.73. The smallest absolute Gasteiger partial charge is 0.280 e. The Morgan fingerprint density at radius 1 is 1.06 bits per heavy atom. The molecule has 0 radical (unpaired) electrons. The lowest BCUT2D eigenvalue weighted by molar-refractivity contribution is 0.841. The second-order valence-corrected chi connectivity index (χ2v) is 8.86. The Labute approximate surface area is 196 Å². The van der Waals surface area contributed by atoms with Crippen LogP contribution in [0, 0.1) is 6.92 Å². The highest BCUT2D eigenvalue weighted by atomic mass is 35.5. The number of fused-ring (bicyclic) bond motifs is 1. The van der Waals surface area contributed by atoms with Crippen LogP contribution in [0.4, 0.5) is 5.13 Å². The molecule has 0 atom stereocenters. The van der Waals surface area contributed by atoms with Gasteiger partial charge >= 0.3 is 0 Å². The molecule has 0 spiro atoms. The standard InChI is InChI=1S/C23H15Cl2N5OS/c1-13-18(12-26-23-28-27-21(32-23)17-10-9-15(24)11-19(17)25)22(31)30(29-13)20-8-4-6-14-5-2-3-7-16(14)20/h2-12,29H,1H3. The van der Waals surface area contributed by atoms with Crippen molar-refractivity contribution in [1.29, 1.82) is 0 Å². The molecule has 158 valence electrons. The first kappa shape index (κ1) is 20.6. The van der Waals surface area contributed by atoms with Crippen LogP contribution < -0.4 is 5.56 Å². The zero-order valence-corrected chi connectivity index (χ0v) is 19.0. The van der Waals surface area contributed by atoms with E-state index in [4.69, 9.17) is 23.2 Å². The van der Waals surface area contributed by atoms with Crippen molar-refractivity contribution in [3.05, 3.63) is 92.3 Å². The van der Waals surface area contributed by atoms with Crippen molar-refractivity contribution < 1.29 is 0 Å². The highest BCUT2D eigenvalue weighted by Crippen LogP contribution is 2.34. The molecule has 0 saturated carbocycles. The lowest BCUT2D eigenvalue weighted by atomic mass is 10.1. The van der Waals surface area contributed by atoms with Crippen molar-refractivity contribution in [2.75, 3.05) is 0 Å². The molecule has 32 heavy (non-hydrogen) atoms. The summed E-state index contributed by atoms with van der Waals surface area (Å²) in [5.74, 6) is 0. The van der Waals surface area contributed by atoms with Crippen LogP contribution in [0.5, 0.6) is 0 Å². The minimum absolute atomic E-state index is 0.187. The van der Waals surface area contributed by atoms with Crippen LogP contribution in [0.15, 0.2) is 70.5 Å². The zero-order chi connectivity index (χ0) is 22.2. The van der Waals surface area contributed by atoms with Gasteiger partial charge in [0.25, 0.3) is 5.56 Å². The molecule has 9 heteroatoms. The average Bonchev–Trinajstić information content (AvgIpc) is 3.36. The van der Waals surface area contributed by atoms with E-state index in [1.54, 1.807) is 18.2 Å². The minimum Gasteiger partial charge on any atom is -0.295 e. The molecule has 0 aliphatic rings. The van der Waals surface area contributed by atoms with E-state index >= 15 is 0 Å². The second-order valence-electron chi connectivity index (χ2n) is 7.06. The predicted octanol–water partition coefficient (Wildman–Crippen LogP) is 6.20. The molecule has 1 N–H and O–H groups in total. The predicted molar refractivity (Wildman–Crippen MR) is 131 cm³/mol. The number of aryl methyl sites for hydroxylation is 1. The Balaban J connectivity index is 1.49. The van der Waals surface area contributed by atoms with Gasteiger partial charge < -0.3 is 0 Å². The molecule has 0 amide bonds. The summed E-state index contributed by atoms with van der Waals surface area (Å²) in [6.45, 7) is 1.84. The Kier molecular flexibility index (Phi) is 5.38. The van der Waals surface area contributed by atoms with Crippen molar-refractivity contribution in [3.8, 4) is 16.3 Å². The second kappa shape index (κ2) is 8.35. The number of aromatic amines is 1. The van der Waals surface area contributed by atoms with Crippen molar-refractivity contribution in [2.24, 2.45) is 4.99 Å². The summed E-state index contributed by atoms with van der Waals surface area (Å²) >= 11 is 13.5. The lowest BCUT2D eigenvalue weighted by Gasteiger charge is -2.06. The van der Waals surface area contributed by atoms with Crippen LogP contribution >= 0.6 is 34.5 Å². The first-order valence-corrected chi connectivity index (χ1v) is 11.2. The fourth-order valence-electron chi connectivity index (χ4n) is 3.44. The number of rotatable bonds is 4. The van der Waals surface area contributed by atoms with Crippen molar-refractivity contribution in [2.45, 2.75) is 6.92 Å². The Morgan fingerprint density at radius 2 is 1.88 bits per heavy atom. The number of H-pyrrole nitrogens is 1. The molecule has 0 bridgehead atoms. The van der Waals surface area contributed by atoms with Gasteiger partial charge in [0.15, 0.2) is 5.01 Å². The Hall–Kier alpha value is -3.26. The molecule has 0 unspecified atom stereocenters. The highest BCUT2D eigenvalue weighted by molar-refractivity contribution is 7.18. The number of aromatic nitrogens is 4. The molecule has 0 saturated heterocycles. The van der Waals surface area contributed by atoms with E-state index < -0.39 is 0 Å². The number of nitrogens with zero attached hydrogens (tertiary/aromatic N) is 4. The third-order valence-electron chi connectivity index (χ3n) is 5.00. The maximum absolute atomic E-state index is 13.1. The van der Waals surface area contributed by atoms with E-state index in [9.17, 15) is 4.79 Å². The Bertz CT molecular complexity index is 1540. The third kappa shape index (κ3) is 3.75. The van der Waals surface area contributed by atoms with Crippen LogP contribution in [0.25, 0.3) is 27.0 Å². The number of benzene rings is 3. The van der Waals surface area contributed by atoms with Crippen molar-refractivity contribution >= 4 is 56.7 Å². The fraction of sp³-hybridized carbons (Fsp3) is 0.0435. The van der Waals surface area contributed by atoms with Gasteiger partial charge in [-0.2, -0.15) is 0 Å². The third-order valence-corrected chi connectivity index (χ3v) is 6.42. The van der Waals surface area contributed by atoms with Gasteiger partial charge in [-0.05, 0) is 36.6 Å². The van der Waals surface area contributed by atoms with Crippen molar-refractivity contribution in [3.63, 3.8) is 0 Å². The molecule has 2 heterocycles. The molecule has 0 fully saturated rings. The molecule has 3 aromatic carbocycles. The first-order chi connectivity index (χ1) is 15.5. The van der Waals surface area contributed by atoms with Crippen LogP contribution in [0.2, 0.25) is 10.0 Å². The molecule has 5 rings (SSSR count). The summed E-state index contributed by atoms with van der Waals surface area (Å²) in [6.07, 6.45) is 1.52. The largest absolute Gasteiger partial charge is 0.295 e. The lowest BCUT2D eigenvalue weighted by Crippen LogP contribution is -2.17. The van der Waals surface area contributed by atoms with Crippen molar-refractivity contribution in [1.82, 2.24) is 20.0 Å². The number of hydrogen-bond acceptors (Lipinski definition) is 5. The van der Waals surface area contributed by atoms with Crippen LogP contribution in [-0.4, -0.2) is 26.2 Å². The maximum Gasteiger partial charge on any atom is 0.280 e. The SMILES string of the molecule is Cc1[nH]n(-c2cccc3ccccc23)c(=O)c1C=Nc1nnc(-c2ccc(Cl)cc2Cl)s1. The maximum atomic E-state index is 13.1. The summed E-state index contributed by atoms with van der Waals surface area (Å²) in [5.41, 5.74) is 2.49. The molecule has 2 aromatic heterocycles. The van der Waals surface area contributed by atoms with Gasteiger partial charge in [0.05, 0.1) is 16.3 Å². The molecular formula is C23H15Cl2N5OS. The average molecular weight is 480 g/mol. The number of aliphatic imine (C=N–C) groups is 1. The monoisotopic (exact) mass is 479 g/mol. The molecule has 5 aromatic rings. The van der Waals surface area contributed by atoms with E-state index in [0.717, 1.165) is 22.0 Å². The van der Waals surface area contributed by atoms with E-state index in [0.29, 0.717) is 31.4 Å². The van der Waals surface area contributed by atoms with E-state index in [1.165, 1.54) is 22.2 Å². The van der Waals surface area contributed by atoms with Gasteiger partial charge in [-0.25, -0.2) is 9.67 Å². The zero-order valence-electron chi connectivity index (χ0n) is 16.7. The topological polar surface area (TPSA) is 75.9 Å². The summed E-state index contributed by atoms with van der Waals surface area (Å²) in [5, 5.41) is 15.5. The van der Waals surface area contributed by atoms with Gasteiger partial charge in [0.2, 0.25) is 5.13 Å². The summed E-state index contributed by atoms with van der Waals surface area (Å²) in [4.78, 5) is 17.5. The van der Waals surface area contributed by atoms with Crippen LogP contribution in [-0.2, 0) is 0 Å². The quantitative estimate of drug-likeness (QED) is 0.311. The van der Waals surface area contributed by atoms with Gasteiger partial charge in [-0.1, -0.05) is 70.9 Å². The minimum atomic E-state index is -0.187. The highest BCUT2D eigenvalue weighted by Gasteiger charge is 2.14. The van der Waals surface area contributed by atoms with Crippen LogP contribution in [0.3, 0.4) is 0 Å². The Morgan fingerprint density at radius 3 is 2.72 bits per heavy atom. The van der Waals surface area contributed by atoms with E-state index in [2.05, 4.69) is 20.3 Å². The molecule has 0 aliphatic heterocycles. The van der Waals surface area contributed by atoms with Gasteiger partial charge in [-0.15, -0.1) is 10.2 Å². The normalized spacial score (nSPS) is 11.6.